The smallest absolute Gasteiger partial charge is 0.242 e. The molecule has 15 heteroatoms. The van der Waals surface area contributed by atoms with Gasteiger partial charge in [-0.3, -0.25) is 0 Å². The molecule has 2 aliphatic heterocycles. The minimum absolute atomic E-state index is 0.0251. The number of nitrogens with one attached hydrogen (secondary N) is 2. The number of hydrogen-bond donors (Lipinski definition) is 4. The number of nitrogens with two attached hydrogens (primary N) is 2. The molecule has 35 heavy (non-hydrogen) atoms. The fourth-order valence-electron chi connectivity index (χ4n) is 4.63. The molecule has 2 aromatic carbocycles. The molecule has 0 atom stereocenters. The number of hydrogen-bond acceptors (Lipinski definition) is 9. The standard InChI is InChI=1S/C20H24N9O4S2/c1-29(2)8-11(9-29)28-35(32,33)15-7-6-12(13-4-3-5-14-17(13)26-20(21)25-14)16(18(15)34(22,30)31)19-23-10-24-27-19/h3-7,11,28H,8-10H2,1-2H3,(H3,21,25,26)(H2,22,30,31)/q+1. The van der Waals surface area contributed by atoms with Crippen LogP contribution in [0, 0.1) is 0 Å². The molecule has 1 aromatic heterocycles. The predicted octanol–water partition coefficient (Wildman–Crippen LogP) is 0.366. The summed E-state index contributed by atoms with van der Waals surface area (Å²) >= 11 is 0. The van der Waals surface area contributed by atoms with Crippen molar-refractivity contribution in [1.82, 2.24) is 14.7 Å². The van der Waals surface area contributed by atoms with Crippen LogP contribution in [0.15, 0.2) is 55.3 Å². The molecule has 13 nitrogen and oxygen atoms in total. The van der Waals surface area contributed by atoms with E-state index >= 15 is 0 Å². The predicted molar refractivity (Wildman–Crippen MR) is 130 cm³/mol. The largest absolute Gasteiger partial charge is 0.369 e. The third kappa shape index (κ3) is 4.21. The van der Waals surface area contributed by atoms with Gasteiger partial charge in [0.15, 0.2) is 18.5 Å². The van der Waals surface area contributed by atoms with Crippen molar-refractivity contribution >= 4 is 42.9 Å². The Balaban J connectivity index is 1.77. The van der Waals surface area contributed by atoms with E-state index < -0.39 is 29.8 Å². The van der Waals surface area contributed by atoms with Gasteiger partial charge in [-0.2, -0.15) is 9.84 Å². The van der Waals surface area contributed by atoms with Gasteiger partial charge in [0.2, 0.25) is 20.0 Å². The Morgan fingerprint density at radius 3 is 2.46 bits per heavy atom. The van der Waals surface area contributed by atoms with Gasteiger partial charge >= 0.3 is 0 Å². The molecule has 0 bridgehead atoms. The number of primary sulfonamides is 1. The van der Waals surface area contributed by atoms with E-state index in [0.717, 1.165) is 0 Å². The van der Waals surface area contributed by atoms with E-state index in [1.807, 2.05) is 14.1 Å². The number of H-pyrrole nitrogens is 1. The number of aromatic nitrogens is 2. The van der Waals surface area contributed by atoms with Crippen LogP contribution >= 0.6 is 0 Å². The Bertz CT molecular complexity index is 1630. The van der Waals surface area contributed by atoms with Crippen LogP contribution < -0.4 is 15.6 Å². The molecular formula is C20H24N9O4S2+. The van der Waals surface area contributed by atoms with Gasteiger partial charge in [-0.1, -0.05) is 18.2 Å². The van der Waals surface area contributed by atoms with Crippen LogP contribution in [0.4, 0.5) is 5.95 Å². The molecule has 3 aromatic rings. The summed E-state index contributed by atoms with van der Waals surface area (Å²) in [5.41, 5.74) is 7.67. The zero-order valence-electron chi connectivity index (χ0n) is 18.9. The minimum Gasteiger partial charge on any atom is -0.369 e. The second-order valence-electron chi connectivity index (χ2n) is 9.17. The average Bonchev–Trinajstić information content (AvgIpc) is 3.39. The molecule has 0 unspecified atom stereocenters. The third-order valence-corrected chi connectivity index (χ3v) is 8.63. The van der Waals surface area contributed by atoms with E-state index in [-0.39, 0.29) is 30.1 Å². The first-order valence-corrected chi connectivity index (χ1v) is 13.6. The molecule has 2 aliphatic rings. The van der Waals surface area contributed by atoms with Crippen LogP contribution in [0.5, 0.6) is 0 Å². The molecule has 0 aliphatic carbocycles. The van der Waals surface area contributed by atoms with Crippen molar-refractivity contribution in [2.45, 2.75) is 15.8 Å². The Hall–Kier alpha value is -3.24. The summed E-state index contributed by atoms with van der Waals surface area (Å²) in [6.07, 6.45) is 0. The molecule has 1 fully saturated rings. The number of sulfonamides is 2. The average molecular weight is 519 g/mol. The lowest BCUT2D eigenvalue weighted by Crippen LogP contribution is -2.67. The van der Waals surface area contributed by atoms with Crippen LogP contribution in [0.2, 0.25) is 0 Å². The summed E-state index contributed by atoms with van der Waals surface area (Å²) < 4.78 is 55.8. The lowest BCUT2D eigenvalue weighted by atomic mass is 9.97. The fourth-order valence-corrected chi connectivity index (χ4v) is 7.45. The number of aromatic amines is 1. The summed E-state index contributed by atoms with van der Waals surface area (Å²) in [5.74, 6) is 0.131. The molecule has 5 rings (SSSR count). The van der Waals surface area contributed by atoms with E-state index in [0.29, 0.717) is 39.7 Å². The highest BCUT2D eigenvalue weighted by Gasteiger charge is 2.41. The first-order chi connectivity index (χ1) is 16.4. The maximum atomic E-state index is 13.4. The second-order valence-corrected chi connectivity index (χ2v) is 12.3. The molecule has 184 valence electrons. The highest BCUT2D eigenvalue weighted by atomic mass is 32.2. The highest BCUT2D eigenvalue weighted by Crippen LogP contribution is 2.37. The Morgan fingerprint density at radius 2 is 1.83 bits per heavy atom. The molecule has 0 amide bonds. The number of anilines is 1. The van der Waals surface area contributed by atoms with Crippen molar-refractivity contribution in [3.8, 4) is 11.1 Å². The van der Waals surface area contributed by atoms with E-state index in [1.54, 1.807) is 18.2 Å². The fraction of sp³-hybridized carbons (Fsp3) is 0.300. The zero-order chi connectivity index (χ0) is 25.2. The Kier molecular flexibility index (Phi) is 5.30. The lowest BCUT2D eigenvalue weighted by molar-refractivity contribution is -0.930. The number of rotatable bonds is 6. The molecule has 0 spiro atoms. The molecule has 6 N–H and O–H groups in total. The minimum atomic E-state index is -4.57. The summed E-state index contributed by atoms with van der Waals surface area (Å²) in [6.45, 7) is 1.11. The number of imidazole rings is 1. The normalized spacial score (nSPS) is 18.1. The summed E-state index contributed by atoms with van der Waals surface area (Å²) in [7, 11) is -4.89. The van der Waals surface area contributed by atoms with Crippen molar-refractivity contribution in [3.63, 3.8) is 0 Å². The second kappa shape index (κ2) is 7.89. The number of nitrogens with zero attached hydrogens (tertiary/aromatic N) is 5. The maximum absolute atomic E-state index is 13.4. The SMILES string of the molecule is C[N+]1(C)CC(NS(=O)(=O)c2ccc(-c3cccc4[nH]c(N)nc34)c(C3=NCN=N3)c2S(N)(=O)=O)C1. The maximum Gasteiger partial charge on any atom is 0.242 e. The van der Waals surface area contributed by atoms with Gasteiger partial charge in [-0.25, -0.2) is 32.0 Å². The number of benzene rings is 2. The molecular weight excluding hydrogens is 494 g/mol. The van der Waals surface area contributed by atoms with Gasteiger partial charge in [0.05, 0.1) is 30.7 Å². The van der Waals surface area contributed by atoms with Crippen molar-refractivity contribution < 1.29 is 21.3 Å². The van der Waals surface area contributed by atoms with Crippen LogP contribution in [0.3, 0.4) is 0 Å². The molecule has 3 heterocycles. The summed E-state index contributed by atoms with van der Waals surface area (Å²) in [6, 6.07) is 7.58. The van der Waals surface area contributed by atoms with E-state index in [9.17, 15) is 16.8 Å². The van der Waals surface area contributed by atoms with E-state index in [2.05, 4.69) is 29.9 Å². The van der Waals surface area contributed by atoms with Crippen molar-refractivity contribution in [2.75, 3.05) is 39.6 Å². The Morgan fingerprint density at radius 1 is 1.09 bits per heavy atom. The van der Waals surface area contributed by atoms with E-state index in [1.165, 1.54) is 12.1 Å². The number of aliphatic imine (C=N–C) groups is 1. The zero-order valence-corrected chi connectivity index (χ0v) is 20.6. The highest BCUT2D eigenvalue weighted by molar-refractivity contribution is 7.92. The number of likely N-dealkylation sites (tertiary alicyclic amines) is 1. The number of para-hydroxylation sites is 1. The monoisotopic (exact) mass is 518 g/mol. The summed E-state index contributed by atoms with van der Waals surface area (Å²) in [4.78, 5) is 10.3. The molecule has 1 saturated heterocycles. The van der Waals surface area contributed by atoms with Gasteiger partial charge in [0.25, 0.3) is 0 Å². The van der Waals surface area contributed by atoms with Gasteiger partial charge in [-0.05, 0) is 17.7 Å². The van der Waals surface area contributed by atoms with Crippen LogP contribution in [-0.4, -0.2) is 77.0 Å². The van der Waals surface area contributed by atoms with E-state index in [4.69, 9.17) is 10.9 Å². The van der Waals surface area contributed by atoms with Crippen molar-refractivity contribution in [3.05, 3.63) is 35.9 Å². The molecule has 0 saturated carbocycles. The molecule has 0 radical (unpaired) electrons. The number of amidine groups is 1. The number of likely N-dealkylation sites (N-methyl/N-ethyl adjacent to an activating group) is 1. The Labute approximate surface area is 201 Å². The van der Waals surface area contributed by atoms with Gasteiger partial charge in [0.1, 0.15) is 28.9 Å². The first kappa shape index (κ1) is 23.5. The number of quaternary nitrogens is 1. The van der Waals surface area contributed by atoms with Gasteiger partial charge in [0, 0.05) is 5.56 Å². The number of fused-ring (bicyclic) bond motifs is 1. The topological polar surface area (TPSA) is 198 Å². The third-order valence-electron chi connectivity index (χ3n) is 5.94. The number of nitrogen functional groups attached to an aromatic ring is 1. The summed E-state index contributed by atoms with van der Waals surface area (Å²) in [5, 5.41) is 13.4. The van der Waals surface area contributed by atoms with Gasteiger partial charge < -0.3 is 15.2 Å². The first-order valence-electron chi connectivity index (χ1n) is 10.6. The quantitative estimate of drug-likeness (QED) is 0.340. The van der Waals surface area contributed by atoms with Crippen molar-refractivity contribution in [2.24, 2.45) is 20.4 Å². The van der Waals surface area contributed by atoms with Crippen molar-refractivity contribution in [1.29, 1.82) is 0 Å². The lowest BCUT2D eigenvalue weighted by Gasteiger charge is -2.44. The van der Waals surface area contributed by atoms with Crippen LogP contribution in [0.1, 0.15) is 5.56 Å². The van der Waals surface area contributed by atoms with Crippen LogP contribution in [0.25, 0.3) is 22.2 Å². The number of azo groups is 1. The van der Waals surface area contributed by atoms with Gasteiger partial charge in [-0.15, -0.1) is 5.11 Å². The van der Waals surface area contributed by atoms with Crippen LogP contribution in [-0.2, 0) is 20.0 Å².